The van der Waals surface area contributed by atoms with Crippen LogP contribution in [0.1, 0.15) is 87.0 Å². The molecule has 0 spiro atoms. The van der Waals surface area contributed by atoms with Crippen molar-refractivity contribution in [3.05, 3.63) is 29.1 Å². The Morgan fingerprint density at radius 3 is 2.23 bits per heavy atom. The molecule has 0 N–H and O–H groups in total. The Kier molecular flexibility index (Phi) is 7.38. The van der Waals surface area contributed by atoms with Gasteiger partial charge < -0.3 is 18.8 Å². The highest BCUT2D eigenvalue weighted by Gasteiger charge is 2.42. The molecule has 2 aliphatic carbocycles. The summed E-state index contributed by atoms with van der Waals surface area (Å²) < 4.78 is 49.8. The number of fused-ring (bicyclic) bond motifs is 1. The van der Waals surface area contributed by atoms with Gasteiger partial charge in [0.1, 0.15) is 12.1 Å². The summed E-state index contributed by atoms with van der Waals surface area (Å²) in [7, 11) is -0.282. The number of imidazole rings is 1. The highest BCUT2D eigenvalue weighted by Crippen LogP contribution is 2.44. The highest BCUT2D eigenvalue weighted by molar-refractivity contribution is 6.74. The van der Waals surface area contributed by atoms with Gasteiger partial charge in [-0.3, -0.25) is 9.59 Å². The number of aryl methyl sites for hydroxylation is 1. The van der Waals surface area contributed by atoms with Gasteiger partial charge in [-0.1, -0.05) is 20.8 Å². The highest BCUT2D eigenvalue weighted by atomic mass is 28.4. The molecule has 1 aromatic heterocycles. The molecule has 2 saturated carbocycles. The van der Waals surface area contributed by atoms with E-state index < -0.39 is 26.0 Å². The monoisotopic (exact) mass is 578 g/mol. The molecule has 1 saturated heterocycles. The summed E-state index contributed by atoms with van der Waals surface area (Å²) in [6, 6.07) is 3.02. The summed E-state index contributed by atoms with van der Waals surface area (Å²) in [6.45, 7) is 11.9. The summed E-state index contributed by atoms with van der Waals surface area (Å²) in [5.74, 6) is -0.588. The fourth-order valence-electron chi connectivity index (χ4n) is 5.82. The molecule has 0 bridgehead atoms. The summed E-state index contributed by atoms with van der Waals surface area (Å²) in [5, 5.41) is 0.148. The number of nitrogens with zero attached hydrogens (tertiary/aromatic N) is 4. The van der Waals surface area contributed by atoms with Crippen LogP contribution in [0.25, 0.3) is 11.0 Å². The first kappa shape index (κ1) is 29.1. The number of hydrogen-bond acceptors (Lipinski definition) is 4. The number of piperazine rings is 1. The second-order valence-electron chi connectivity index (χ2n) is 13.3. The minimum absolute atomic E-state index is 0.0713. The van der Waals surface area contributed by atoms with E-state index in [2.05, 4.69) is 38.8 Å². The fraction of sp³-hybridized carbons (Fsp3) is 0.690. The Morgan fingerprint density at radius 1 is 1.02 bits per heavy atom. The maximum Gasteiger partial charge on any atom is 0.418 e. The molecule has 3 aliphatic rings. The van der Waals surface area contributed by atoms with Gasteiger partial charge in [-0.05, 0) is 80.3 Å². The first-order valence-corrected chi connectivity index (χ1v) is 17.3. The third kappa shape index (κ3) is 5.55. The van der Waals surface area contributed by atoms with Gasteiger partial charge in [0, 0.05) is 32.3 Å². The Hall–Kier alpha value is -2.40. The van der Waals surface area contributed by atoms with Crippen molar-refractivity contribution in [3.8, 4) is 0 Å². The Labute approximate surface area is 235 Å². The van der Waals surface area contributed by atoms with Crippen molar-refractivity contribution in [1.82, 2.24) is 19.4 Å². The predicted octanol–water partition coefficient (Wildman–Crippen LogP) is 6.09. The van der Waals surface area contributed by atoms with E-state index in [-0.39, 0.29) is 46.9 Å². The number of alkyl halides is 3. The first-order chi connectivity index (χ1) is 18.6. The lowest BCUT2D eigenvalue weighted by Crippen LogP contribution is -2.56. The molecule has 5 rings (SSSR count). The largest absolute Gasteiger partial charge is 0.418 e. The first-order valence-electron chi connectivity index (χ1n) is 14.4. The molecule has 0 atom stereocenters. The van der Waals surface area contributed by atoms with E-state index in [0.29, 0.717) is 24.2 Å². The zero-order chi connectivity index (χ0) is 29.2. The van der Waals surface area contributed by atoms with Gasteiger partial charge >= 0.3 is 6.18 Å². The van der Waals surface area contributed by atoms with Crippen LogP contribution in [0.3, 0.4) is 0 Å². The van der Waals surface area contributed by atoms with Crippen LogP contribution >= 0.6 is 0 Å². The average Bonchev–Trinajstić information content (AvgIpc) is 3.66. The molecule has 40 heavy (non-hydrogen) atoms. The van der Waals surface area contributed by atoms with Gasteiger partial charge in [-0.15, -0.1) is 0 Å². The maximum atomic E-state index is 13.9. The van der Waals surface area contributed by atoms with Gasteiger partial charge in [0.15, 0.2) is 14.1 Å². The van der Waals surface area contributed by atoms with Crippen molar-refractivity contribution in [2.45, 2.75) is 102 Å². The van der Waals surface area contributed by atoms with E-state index in [0.717, 1.165) is 38.5 Å². The van der Waals surface area contributed by atoms with E-state index in [4.69, 9.17) is 4.43 Å². The molecule has 0 radical (unpaired) electrons. The number of carbonyl (C=O) groups is 2. The molecule has 11 heteroatoms. The summed E-state index contributed by atoms with van der Waals surface area (Å²) >= 11 is 0. The lowest BCUT2D eigenvalue weighted by atomic mass is 9.91. The lowest BCUT2D eigenvalue weighted by Gasteiger charge is -2.44. The van der Waals surface area contributed by atoms with Gasteiger partial charge in [-0.25, -0.2) is 4.98 Å². The number of amides is 2. The number of aromatic nitrogens is 2. The van der Waals surface area contributed by atoms with Gasteiger partial charge in [0.05, 0.1) is 11.1 Å². The van der Waals surface area contributed by atoms with Crippen molar-refractivity contribution in [3.63, 3.8) is 0 Å². The number of carbonyl (C=O) groups excluding carboxylic acids is 2. The second kappa shape index (κ2) is 10.1. The van der Waals surface area contributed by atoms with Crippen molar-refractivity contribution in [1.29, 1.82) is 0 Å². The minimum Gasteiger partial charge on any atom is -0.414 e. The van der Waals surface area contributed by atoms with Crippen LogP contribution in [0.2, 0.25) is 18.1 Å². The average molecular weight is 579 g/mol. The number of benzene rings is 1. The van der Waals surface area contributed by atoms with Crippen LogP contribution in [0.4, 0.5) is 13.2 Å². The van der Waals surface area contributed by atoms with Crippen LogP contribution in [-0.2, 0) is 22.4 Å². The zero-order valence-corrected chi connectivity index (χ0v) is 25.4. The maximum absolute atomic E-state index is 13.9. The SMILES string of the molecule is Cn1c(C(=O)N2CCN(C3CCC(O[Si](C)(C)C(C)(C)C)CC3)C(=O)C2)nc2c(C(F)(F)F)cc(C3CC3)cc21. The molecule has 1 aliphatic heterocycles. The molecule has 1 aromatic carbocycles. The van der Waals surface area contributed by atoms with Crippen LogP contribution in [0.5, 0.6) is 0 Å². The van der Waals surface area contributed by atoms with Crippen LogP contribution in [0.15, 0.2) is 12.1 Å². The minimum atomic E-state index is -4.58. The van der Waals surface area contributed by atoms with Crippen LogP contribution in [-0.4, -0.2) is 71.3 Å². The van der Waals surface area contributed by atoms with Gasteiger partial charge in [0.2, 0.25) is 5.91 Å². The van der Waals surface area contributed by atoms with Gasteiger partial charge in [-0.2, -0.15) is 13.2 Å². The Morgan fingerprint density at radius 2 is 1.68 bits per heavy atom. The molecule has 220 valence electrons. The third-order valence-corrected chi connectivity index (χ3v) is 14.0. The summed E-state index contributed by atoms with van der Waals surface area (Å²) in [5.41, 5.74) is -0.100. The van der Waals surface area contributed by atoms with Crippen molar-refractivity contribution < 1.29 is 27.2 Å². The Bertz CT molecular complexity index is 1300. The van der Waals surface area contributed by atoms with Crippen molar-refractivity contribution in [2.24, 2.45) is 7.05 Å². The Balaban J connectivity index is 1.26. The van der Waals surface area contributed by atoms with E-state index in [1.807, 2.05) is 4.90 Å². The van der Waals surface area contributed by atoms with Crippen molar-refractivity contribution in [2.75, 3.05) is 19.6 Å². The van der Waals surface area contributed by atoms with E-state index in [1.165, 1.54) is 15.5 Å². The predicted molar refractivity (Wildman–Crippen MR) is 150 cm³/mol. The van der Waals surface area contributed by atoms with Crippen LogP contribution in [0, 0.1) is 0 Å². The standard InChI is InChI=1S/C29H41F3N4O3Si/c1-28(2,3)40(5,6)39-21-11-9-20(10-12-21)36-14-13-35(17-24(36)37)27(38)26-33-25-22(29(30,31)32)15-19(18-7-8-18)16-23(25)34(26)4/h15-16,18,20-21H,7-14,17H2,1-6H3. The van der Waals surface area contributed by atoms with E-state index in [9.17, 15) is 22.8 Å². The second-order valence-corrected chi connectivity index (χ2v) is 18.1. The normalized spacial score (nSPS) is 23.3. The molecule has 2 heterocycles. The number of halogens is 3. The quantitative estimate of drug-likeness (QED) is 0.403. The fourth-order valence-corrected chi connectivity index (χ4v) is 7.25. The molecule has 3 fully saturated rings. The third-order valence-electron chi connectivity index (χ3n) is 9.45. The molecule has 7 nitrogen and oxygen atoms in total. The molecule has 0 unspecified atom stereocenters. The zero-order valence-electron chi connectivity index (χ0n) is 24.4. The van der Waals surface area contributed by atoms with E-state index >= 15 is 0 Å². The molecular formula is C29H41F3N4O3Si. The topological polar surface area (TPSA) is 67.7 Å². The summed E-state index contributed by atoms with van der Waals surface area (Å²) in [4.78, 5) is 34.1. The number of rotatable bonds is 5. The number of hydrogen-bond donors (Lipinski definition) is 0. The molecule has 2 aromatic rings. The van der Waals surface area contributed by atoms with E-state index in [1.54, 1.807) is 13.1 Å². The molecule has 2 amide bonds. The smallest absolute Gasteiger partial charge is 0.414 e. The van der Waals surface area contributed by atoms with Crippen LogP contribution < -0.4 is 0 Å². The van der Waals surface area contributed by atoms with Gasteiger partial charge in [0.25, 0.3) is 5.91 Å². The van der Waals surface area contributed by atoms with Crippen molar-refractivity contribution >= 4 is 31.2 Å². The molecular weight excluding hydrogens is 537 g/mol. The summed E-state index contributed by atoms with van der Waals surface area (Å²) in [6.07, 6.45) is 0.930. The lowest BCUT2D eigenvalue weighted by molar-refractivity contribution is -0.139.